The summed E-state index contributed by atoms with van der Waals surface area (Å²) < 4.78 is 5.22. The van der Waals surface area contributed by atoms with Crippen LogP contribution in [0.2, 0.25) is 0 Å². The van der Waals surface area contributed by atoms with Crippen molar-refractivity contribution >= 4 is 0 Å². The van der Waals surface area contributed by atoms with Crippen LogP contribution in [0.15, 0.2) is 18.2 Å². The number of hydrogen-bond acceptors (Lipinski definition) is 4. The number of nitriles is 1. The Bertz CT molecular complexity index is 489. The van der Waals surface area contributed by atoms with Crippen LogP contribution in [0.3, 0.4) is 0 Å². The molecular formula is C17H25N3O. The molecular weight excluding hydrogens is 262 g/mol. The fourth-order valence-electron chi connectivity index (χ4n) is 3.03. The fraction of sp³-hybridized carbons (Fsp3) is 0.588. The lowest BCUT2D eigenvalue weighted by molar-refractivity contribution is 0.154. The summed E-state index contributed by atoms with van der Waals surface area (Å²) in [4.78, 5) is 2.56. The zero-order chi connectivity index (χ0) is 15.1. The highest BCUT2D eigenvalue weighted by Gasteiger charge is 2.20. The number of nitrogens with zero attached hydrogens (tertiary/aromatic N) is 2. The summed E-state index contributed by atoms with van der Waals surface area (Å²) in [5.74, 6) is 0.658. The van der Waals surface area contributed by atoms with E-state index in [2.05, 4.69) is 29.3 Å². The molecule has 0 bridgehead atoms. The molecule has 4 heteroatoms. The molecule has 0 spiro atoms. The standard InChI is InChI=1S/C17H25N3O/c1-3-10-20(16-6-8-19-9-7-16)13-14-4-5-17(21-2)15(11-14)12-18/h4-5,11,16,19H,3,6-10,13H2,1-2H3. The summed E-state index contributed by atoms with van der Waals surface area (Å²) in [5.41, 5.74) is 1.82. The smallest absolute Gasteiger partial charge is 0.136 e. The Hall–Kier alpha value is -1.57. The molecule has 0 aromatic heterocycles. The molecule has 1 aromatic rings. The van der Waals surface area contributed by atoms with Crippen LogP contribution < -0.4 is 10.1 Å². The van der Waals surface area contributed by atoms with E-state index in [1.165, 1.54) is 18.4 Å². The maximum atomic E-state index is 9.21. The molecule has 0 saturated carbocycles. The Morgan fingerprint density at radius 3 is 2.76 bits per heavy atom. The lowest BCUT2D eigenvalue weighted by atomic mass is 10.0. The van der Waals surface area contributed by atoms with Gasteiger partial charge in [-0.05, 0) is 56.6 Å². The summed E-state index contributed by atoms with van der Waals surface area (Å²) in [5, 5.41) is 12.6. The first-order valence-corrected chi connectivity index (χ1v) is 7.80. The van der Waals surface area contributed by atoms with Crippen molar-refractivity contribution in [3.05, 3.63) is 29.3 Å². The minimum Gasteiger partial charge on any atom is -0.495 e. The van der Waals surface area contributed by atoms with Crippen LogP contribution in [-0.4, -0.2) is 37.7 Å². The molecule has 0 unspecified atom stereocenters. The molecule has 0 amide bonds. The number of ether oxygens (including phenoxy) is 1. The van der Waals surface area contributed by atoms with E-state index in [9.17, 15) is 5.26 Å². The first-order valence-electron chi connectivity index (χ1n) is 7.80. The third-order valence-corrected chi connectivity index (χ3v) is 4.11. The van der Waals surface area contributed by atoms with Gasteiger partial charge < -0.3 is 10.1 Å². The number of benzene rings is 1. The van der Waals surface area contributed by atoms with E-state index in [4.69, 9.17) is 4.74 Å². The Kier molecular flexibility index (Phi) is 6.04. The minimum atomic E-state index is 0.622. The maximum absolute atomic E-state index is 9.21. The van der Waals surface area contributed by atoms with E-state index in [0.29, 0.717) is 17.4 Å². The topological polar surface area (TPSA) is 48.3 Å². The molecule has 1 saturated heterocycles. The third kappa shape index (κ3) is 4.20. The molecule has 2 rings (SSSR count). The lowest BCUT2D eigenvalue weighted by Crippen LogP contribution is -2.43. The van der Waals surface area contributed by atoms with Crippen molar-refractivity contribution in [1.29, 1.82) is 5.26 Å². The summed E-state index contributed by atoms with van der Waals surface area (Å²) in [7, 11) is 1.61. The minimum absolute atomic E-state index is 0.622. The molecule has 1 aliphatic heterocycles. The fourth-order valence-corrected chi connectivity index (χ4v) is 3.03. The van der Waals surface area contributed by atoms with Crippen LogP contribution in [0, 0.1) is 11.3 Å². The second-order valence-corrected chi connectivity index (χ2v) is 5.60. The SMILES string of the molecule is CCCN(Cc1ccc(OC)c(C#N)c1)C1CCNCC1. The van der Waals surface area contributed by atoms with Crippen molar-refractivity contribution < 1.29 is 4.74 Å². The van der Waals surface area contributed by atoms with E-state index >= 15 is 0 Å². The molecule has 1 aliphatic rings. The van der Waals surface area contributed by atoms with Crippen LogP contribution in [0.5, 0.6) is 5.75 Å². The van der Waals surface area contributed by atoms with Gasteiger partial charge in [0.2, 0.25) is 0 Å². The van der Waals surface area contributed by atoms with Crippen molar-refractivity contribution in [2.45, 2.75) is 38.8 Å². The van der Waals surface area contributed by atoms with Crippen LogP contribution in [0.4, 0.5) is 0 Å². The maximum Gasteiger partial charge on any atom is 0.136 e. The van der Waals surface area contributed by atoms with Gasteiger partial charge in [0.15, 0.2) is 0 Å². The van der Waals surface area contributed by atoms with E-state index in [1.54, 1.807) is 7.11 Å². The lowest BCUT2D eigenvalue weighted by Gasteiger charge is -2.34. The third-order valence-electron chi connectivity index (χ3n) is 4.11. The van der Waals surface area contributed by atoms with Gasteiger partial charge in [-0.15, -0.1) is 0 Å². The molecule has 0 radical (unpaired) electrons. The number of piperidine rings is 1. The van der Waals surface area contributed by atoms with Gasteiger partial charge in [0.25, 0.3) is 0 Å². The summed E-state index contributed by atoms with van der Waals surface area (Å²) in [6.45, 7) is 6.46. The highest BCUT2D eigenvalue weighted by atomic mass is 16.5. The van der Waals surface area contributed by atoms with Crippen molar-refractivity contribution in [3.8, 4) is 11.8 Å². The molecule has 4 nitrogen and oxygen atoms in total. The largest absolute Gasteiger partial charge is 0.495 e. The monoisotopic (exact) mass is 287 g/mol. The van der Waals surface area contributed by atoms with Gasteiger partial charge in [-0.2, -0.15) is 5.26 Å². The Morgan fingerprint density at radius 2 is 2.14 bits per heavy atom. The first kappa shape index (κ1) is 15.8. The number of rotatable bonds is 6. The van der Waals surface area contributed by atoms with Crippen LogP contribution >= 0.6 is 0 Å². The van der Waals surface area contributed by atoms with Gasteiger partial charge in [-0.3, -0.25) is 4.90 Å². The zero-order valence-corrected chi connectivity index (χ0v) is 13.1. The van der Waals surface area contributed by atoms with Crippen molar-refractivity contribution in [2.24, 2.45) is 0 Å². The predicted octanol–water partition coefficient (Wildman–Crippen LogP) is 2.53. The quantitative estimate of drug-likeness (QED) is 0.873. The van der Waals surface area contributed by atoms with Crippen LogP contribution in [-0.2, 0) is 6.54 Å². The molecule has 0 aliphatic carbocycles. The van der Waals surface area contributed by atoms with Crippen LogP contribution in [0.25, 0.3) is 0 Å². The van der Waals surface area contributed by atoms with Gasteiger partial charge in [0.05, 0.1) is 12.7 Å². The number of nitrogens with one attached hydrogen (secondary N) is 1. The highest BCUT2D eigenvalue weighted by molar-refractivity contribution is 5.45. The predicted molar refractivity (Wildman–Crippen MR) is 84.3 cm³/mol. The second-order valence-electron chi connectivity index (χ2n) is 5.60. The Labute approximate surface area is 127 Å². The first-order chi connectivity index (χ1) is 10.3. The Morgan fingerprint density at radius 1 is 1.38 bits per heavy atom. The Balaban J connectivity index is 2.10. The number of hydrogen-bond donors (Lipinski definition) is 1. The average Bonchev–Trinajstić information content (AvgIpc) is 2.55. The molecule has 1 heterocycles. The van der Waals surface area contributed by atoms with E-state index < -0.39 is 0 Å². The summed E-state index contributed by atoms with van der Waals surface area (Å²) >= 11 is 0. The van der Waals surface area contributed by atoms with Gasteiger partial charge in [-0.25, -0.2) is 0 Å². The van der Waals surface area contributed by atoms with Gasteiger partial charge in [0, 0.05) is 12.6 Å². The molecule has 1 fully saturated rings. The molecule has 1 aromatic carbocycles. The average molecular weight is 287 g/mol. The van der Waals surface area contributed by atoms with Crippen molar-refractivity contribution in [2.75, 3.05) is 26.7 Å². The van der Waals surface area contributed by atoms with Gasteiger partial charge in [0.1, 0.15) is 11.8 Å². The highest BCUT2D eigenvalue weighted by Crippen LogP contribution is 2.22. The zero-order valence-electron chi connectivity index (χ0n) is 13.1. The van der Waals surface area contributed by atoms with Gasteiger partial charge in [-0.1, -0.05) is 13.0 Å². The molecule has 0 atom stereocenters. The second kappa shape index (κ2) is 8.02. The molecule has 1 N–H and O–H groups in total. The van der Waals surface area contributed by atoms with E-state index in [-0.39, 0.29) is 0 Å². The van der Waals surface area contributed by atoms with Crippen molar-refractivity contribution in [3.63, 3.8) is 0 Å². The van der Waals surface area contributed by atoms with E-state index in [1.807, 2.05) is 12.1 Å². The van der Waals surface area contributed by atoms with Crippen LogP contribution in [0.1, 0.15) is 37.3 Å². The summed E-state index contributed by atoms with van der Waals surface area (Å²) in [6.07, 6.45) is 3.58. The molecule has 21 heavy (non-hydrogen) atoms. The molecule has 114 valence electrons. The van der Waals surface area contributed by atoms with Gasteiger partial charge >= 0.3 is 0 Å². The van der Waals surface area contributed by atoms with Crippen molar-refractivity contribution in [1.82, 2.24) is 10.2 Å². The summed E-state index contributed by atoms with van der Waals surface area (Å²) in [6, 6.07) is 8.81. The van der Waals surface area contributed by atoms with E-state index in [0.717, 1.165) is 32.6 Å². The number of methoxy groups -OCH3 is 1. The normalized spacial score (nSPS) is 15.9.